The second kappa shape index (κ2) is 5.78. The van der Waals surface area contributed by atoms with Crippen molar-refractivity contribution in [2.45, 2.75) is 31.6 Å². The van der Waals surface area contributed by atoms with Gasteiger partial charge in [0.15, 0.2) is 0 Å². The first-order chi connectivity index (χ1) is 7.46. The van der Waals surface area contributed by atoms with Gasteiger partial charge in [0.2, 0.25) is 10.0 Å². The van der Waals surface area contributed by atoms with Crippen LogP contribution in [0.25, 0.3) is 0 Å². The molecule has 17 heavy (non-hydrogen) atoms. The Kier molecular flexibility index (Phi) is 5.56. The van der Waals surface area contributed by atoms with Crippen LogP contribution in [0.4, 0.5) is 0 Å². The molecule has 102 valence electrons. The summed E-state index contributed by atoms with van der Waals surface area (Å²) in [5.41, 5.74) is 0. The lowest BCUT2D eigenvalue weighted by Gasteiger charge is -2.16. The number of carboxylic acid groups (broad SMARTS) is 1. The maximum absolute atomic E-state index is 11.4. The Morgan fingerprint density at radius 3 is 2.00 bits per heavy atom. The zero-order valence-electron chi connectivity index (χ0n) is 9.87. The minimum absolute atomic E-state index is 0.292. The van der Waals surface area contributed by atoms with Crippen LogP contribution in [0.3, 0.4) is 0 Å². The highest BCUT2D eigenvalue weighted by molar-refractivity contribution is 7.90. The third-order valence-electron chi connectivity index (χ3n) is 2.00. The normalized spacial score (nSPS) is 14.8. The highest BCUT2D eigenvalue weighted by Crippen LogP contribution is 2.03. The number of hydrogen-bond donors (Lipinski definition) is 2. The first-order valence-electron chi connectivity index (χ1n) is 4.87. The molecule has 0 aliphatic rings. The molecule has 0 amide bonds. The molecule has 0 spiro atoms. The summed E-state index contributed by atoms with van der Waals surface area (Å²) >= 11 is 0. The van der Waals surface area contributed by atoms with Crippen LogP contribution in [0.1, 0.15) is 20.3 Å². The number of nitrogens with one attached hydrogen (secondary N) is 1. The van der Waals surface area contributed by atoms with E-state index in [4.69, 9.17) is 5.11 Å². The standard InChI is InChI=1S/C8H17NO6S2/c1-6(2)17(14,15)9-7(8(10)11)4-5-16(3,12)13/h6-7,9H,4-5H2,1-3H3,(H,10,11). The molecule has 0 aromatic carbocycles. The summed E-state index contributed by atoms with van der Waals surface area (Å²) in [6.45, 7) is 2.80. The summed E-state index contributed by atoms with van der Waals surface area (Å²) in [4.78, 5) is 10.8. The predicted octanol–water partition coefficient (Wildman–Crippen LogP) is -0.798. The van der Waals surface area contributed by atoms with Crippen LogP contribution in [-0.2, 0) is 24.7 Å². The monoisotopic (exact) mass is 287 g/mol. The van der Waals surface area contributed by atoms with E-state index in [1.54, 1.807) is 0 Å². The Labute approximate surface area is 101 Å². The van der Waals surface area contributed by atoms with E-state index in [-0.39, 0.29) is 12.2 Å². The Hall–Kier alpha value is -0.670. The molecule has 0 aliphatic carbocycles. The molecular weight excluding hydrogens is 270 g/mol. The zero-order chi connectivity index (χ0) is 13.9. The number of hydrogen-bond acceptors (Lipinski definition) is 5. The van der Waals surface area contributed by atoms with Crippen molar-refractivity contribution in [1.82, 2.24) is 4.72 Å². The van der Waals surface area contributed by atoms with Gasteiger partial charge in [-0.25, -0.2) is 21.6 Å². The van der Waals surface area contributed by atoms with E-state index in [0.29, 0.717) is 0 Å². The van der Waals surface area contributed by atoms with Gasteiger partial charge in [0.05, 0.1) is 11.0 Å². The van der Waals surface area contributed by atoms with E-state index in [1.165, 1.54) is 13.8 Å². The first kappa shape index (κ1) is 16.3. The fourth-order valence-corrected chi connectivity index (χ4v) is 2.45. The molecule has 0 radical (unpaired) electrons. The molecule has 0 fully saturated rings. The van der Waals surface area contributed by atoms with E-state index in [1.807, 2.05) is 4.72 Å². The third-order valence-corrected chi connectivity index (χ3v) is 4.83. The van der Waals surface area contributed by atoms with Gasteiger partial charge in [-0.2, -0.15) is 0 Å². The molecule has 0 heterocycles. The van der Waals surface area contributed by atoms with E-state index in [0.717, 1.165) is 6.26 Å². The molecule has 0 saturated carbocycles. The fraction of sp³-hybridized carbons (Fsp3) is 0.875. The largest absolute Gasteiger partial charge is 0.480 e. The SMILES string of the molecule is CC(C)S(=O)(=O)NC(CCS(C)(=O)=O)C(=O)O. The van der Waals surface area contributed by atoms with E-state index in [2.05, 4.69) is 0 Å². The summed E-state index contributed by atoms with van der Waals surface area (Å²) in [7, 11) is -7.06. The second-order valence-corrected chi connectivity index (χ2v) is 8.55. The molecule has 9 heteroatoms. The van der Waals surface area contributed by atoms with Gasteiger partial charge in [0.25, 0.3) is 0 Å². The minimum atomic E-state index is -3.74. The van der Waals surface area contributed by atoms with Crippen molar-refractivity contribution in [3.63, 3.8) is 0 Å². The molecule has 0 aromatic rings. The summed E-state index contributed by atoms with van der Waals surface area (Å²) in [5, 5.41) is 8.02. The highest BCUT2D eigenvalue weighted by atomic mass is 32.2. The van der Waals surface area contributed by atoms with Crippen LogP contribution < -0.4 is 4.72 Å². The van der Waals surface area contributed by atoms with Crippen molar-refractivity contribution in [2.75, 3.05) is 12.0 Å². The van der Waals surface area contributed by atoms with Gasteiger partial charge in [0.1, 0.15) is 15.9 Å². The molecule has 0 aromatic heterocycles. The third kappa shape index (κ3) is 6.59. The molecule has 0 aliphatic heterocycles. The lowest BCUT2D eigenvalue weighted by Crippen LogP contribution is -2.44. The van der Waals surface area contributed by atoms with Gasteiger partial charge < -0.3 is 5.11 Å². The average Bonchev–Trinajstić information content (AvgIpc) is 2.09. The van der Waals surface area contributed by atoms with Crippen LogP contribution in [0.2, 0.25) is 0 Å². The van der Waals surface area contributed by atoms with Crippen LogP contribution in [0.5, 0.6) is 0 Å². The van der Waals surface area contributed by atoms with Crippen molar-refractivity contribution in [3.8, 4) is 0 Å². The number of sulfonamides is 1. The van der Waals surface area contributed by atoms with Crippen LogP contribution in [0.15, 0.2) is 0 Å². The second-order valence-electron chi connectivity index (χ2n) is 4.02. The van der Waals surface area contributed by atoms with E-state index >= 15 is 0 Å². The maximum Gasteiger partial charge on any atom is 0.321 e. The van der Waals surface area contributed by atoms with Gasteiger partial charge in [-0.05, 0) is 20.3 Å². The summed E-state index contributed by atoms with van der Waals surface area (Å²) in [6, 6.07) is -1.42. The van der Waals surface area contributed by atoms with Gasteiger partial charge in [0, 0.05) is 6.26 Å². The van der Waals surface area contributed by atoms with E-state index in [9.17, 15) is 21.6 Å². The van der Waals surface area contributed by atoms with Gasteiger partial charge >= 0.3 is 5.97 Å². The molecule has 0 rings (SSSR count). The van der Waals surface area contributed by atoms with Gasteiger partial charge in [-0.3, -0.25) is 4.79 Å². The van der Waals surface area contributed by atoms with Crippen molar-refractivity contribution >= 4 is 25.8 Å². The Morgan fingerprint density at radius 2 is 1.71 bits per heavy atom. The van der Waals surface area contributed by atoms with Gasteiger partial charge in [-0.1, -0.05) is 0 Å². The summed E-state index contributed by atoms with van der Waals surface area (Å²) in [5.74, 6) is -1.78. The summed E-state index contributed by atoms with van der Waals surface area (Å²) in [6.07, 6.45) is 0.670. The van der Waals surface area contributed by atoms with Crippen molar-refractivity contribution < 1.29 is 26.7 Å². The number of aliphatic carboxylic acids is 1. The molecule has 1 unspecified atom stereocenters. The first-order valence-corrected chi connectivity index (χ1v) is 8.48. The molecule has 0 saturated heterocycles. The van der Waals surface area contributed by atoms with Gasteiger partial charge in [-0.15, -0.1) is 0 Å². The Bertz CT molecular complexity index is 464. The lowest BCUT2D eigenvalue weighted by molar-refractivity contribution is -0.139. The number of carbonyl (C=O) groups is 1. The van der Waals surface area contributed by atoms with Crippen molar-refractivity contribution in [2.24, 2.45) is 0 Å². The van der Waals surface area contributed by atoms with Crippen molar-refractivity contribution in [3.05, 3.63) is 0 Å². The molecule has 1 atom stereocenters. The minimum Gasteiger partial charge on any atom is -0.480 e. The lowest BCUT2D eigenvalue weighted by atomic mass is 10.2. The molecule has 2 N–H and O–H groups in total. The zero-order valence-corrected chi connectivity index (χ0v) is 11.5. The van der Waals surface area contributed by atoms with E-state index < -0.39 is 37.1 Å². The van der Waals surface area contributed by atoms with Crippen LogP contribution in [0, 0.1) is 0 Å². The number of carboxylic acids is 1. The number of sulfone groups is 1. The number of rotatable bonds is 7. The highest BCUT2D eigenvalue weighted by Gasteiger charge is 2.26. The molecule has 7 nitrogen and oxygen atoms in total. The van der Waals surface area contributed by atoms with Crippen LogP contribution >= 0.6 is 0 Å². The Balaban J connectivity index is 4.74. The quantitative estimate of drug-likeness (QED) is 0.633. The average molecular weight is 287 g/mol. The molecule has 0 bridgehead atoms. The fourth-order valence-electron chi connectivity index (χ4n) is 0.899. The maximum atomic E-state index is 11.4. The smallest absolute Gasteiger partial charge is 0.321 e. The van der Waals surface area contributed by atoms with Crippen LogP contribution in [-0.4, -0.2) is 51.2 Å². The predicted molar refractivity (Wildman–Crippen MR) is 62.9 cm³/mol. The topological polar surface area (TPSA) is 118 Å². The summed E-state index contributed by atoms with van der Waals surface area (Å²) < 4.78 is 46.6. The Morgan fingerprint density at radius 1 is 1.24 bits per heavy atom. The molecular formula is C8H17NO6S2. The van der Waals surface area contributed by atoms with Crippen molar-refractivity contribution in [1.29, 1.82) is 0 Å².